The minimum absolute atomic E-state index is 0.0722. The molecule has 8 saturated carbocycles. The third-order valence-corrected chi connectivity index (χ3v) is 17.5. The molecule has 43 heavy (non-hydrogen) atoms. The summed E-state index contributed by atoms with van der Waals surface area (Å²) in [6.45, 7) is 2.37. The Labute approximate surface area is 255 Å². The zero-order chi connectivity index (χ0) is 28.0. The summed E-state index contributed by atoms with van der Waals surface area (Å²) in [6, 6.07) is 1.17. The summed E-state index contributed by atoms with van der Waals surface area (Å²) in [6.07, 6.45) is 12.7. The van der Waals surface area contributed by atoms with Gasteiger partial charge in [0.15, 0.2) is 0 Å². The number of fused-ring (bicyclic) bond motifs is 4. The number of hydrogen-bond acceptors (Lipinski definition) is 5. The highest BCUT2D eigenvalue weighted by molar-refractivity contribution is 5.90. The summed E-state index contributed by atoms with van der Waals surface area (Å²) in [5.41, 5.74) is 0.687. The van der Waals surface area contributed by atoms with Crippen molar-refractivity contribution in [2.45, 2.75) is 76.3 Å². The van der Waals surface area contributed by atoms with Crippen LogP contribution in [0.1, 0.15) is 64.2 Å². The van der Waals surface area contributed by atoms with Crippen LogP contribution in [0, 0.1) is 129 Å². The van der Waals surface area contributed by atoms with Gasteiger partial charge in [-0.25, -0.2) is 0 Å². The number of rotatable bonds is 2. The van der Waals surface area contributed by atoms with Gasteiger partial charge in [0.1, 0.15) is 0 Å². The minimum atomic E-state index is -0.217. The highest BCUT2D eigenvalue weighted by atomic mass is 16.6. The van der Waals surface area contributed by atoms with Crippen LogP contribution < -0.4 is 10.6 Å². The van der Waals surface area contributed by atoms with Crippen molar-refractivity contribution < 1.29 is 14.3 Å². The van der Waals surface area contributed by atoms with Crippen LogP contribution in [-0.4, -0.2) is 37.1 Å². The van der Waals surface area contributed by atoms with E-state index in [1.54, 1.807) is 0 Å². The molecule has 5 heteroatoms. The fraction of sp³-hybridized carbons (Fsp3) is 0.842. The summed E-state index contributed by atoms with van der Waals surface area (Å²) in [5.74, 6) is 20.6. The van der Waals surface area contributed by atoms with Crippen LogP contribution in [0.5, 0.6) is 0 Å². The lowest BCUT2D eigenvalue weighted by Crippen LogP contribution is -2.64. The number of carbonyl (C=O) groups is 2. The Morgan fingerprint density at radius 3 is 1.60 bits per heavy atom. The molecule has 0 aromatic carbocycles. The van der Waals surface area contributed by atoms with Crippen molar-refractivity contribution in [1.82, 2.24) is 10.6 Å². The quantitative estimate of drug-likeness (QED) is 0.297. The second kappa shape index (κ2) is 7.76. The van der Waals surface area contributed by atoms with Gasteiger partial charge in [0.05, 0.1) is 11.8 Å². The maximum Gasteiger partial charge on any atom is 0.318 e. The Balaban J connectivity index is 0.855. The monoisotopic (exact) mass is 576 g/mol. The van der Waals surface area contributed by atoms with Crippen LogP contribution in [0.15, 0.2) is 0 Å². The third-order valence-electron chi connectivity index (χ3n) is 17.5. The first kappa shape index (κ1) is 24.4. The first-order chi connectivity index (χ1) is 21.1. The molecule has 10 aliphatic carbocycles. The average Bonchev–Trinajstić information content (AvgIpc) is 3.54. The molecule has 20 atom stereocenters. The normalized spacial score (nSPS) is 63.8. The van der Waals surface area contributed by atoms with Crippen LogP contribution in [-0.2, 0) is 14.3 Å². The highest BCUT2D eigenvalue weighted by Gasteiger charge is 2.76. The van der Waals surface area contributed by atoms with E-state index in [-0.39, 0.29) is 47.4 Å². The van der Waals surface area contributed by atoms with Gasteiger partial charge in [-0.3, -0.25) is 9.59 Å². The van der Waals surface area contributed by atoms with E-state index in [4.69, 9.17) is 4.74 Å². The van der Waals surface area contributed by atoms with E-state index >= 15 is 0 Å². The van der Waals surface area contributed by atoms with Gasteiger partial charge < -0.3 is 15.4 Å². The van der Waals surface area contributed by atoms with E-state index in [0.29, 0.717) is 58.4 Å². The summed E-state index contributed by atoms with van der Waals surface area (Å²) < 4.78 is 6.15. The maximum absolute atomic E-state index is 14.3. The fourth-order valence-electron chi connectivity index (χ4n) is 16.9. The van der Waals surface area contributed by atoms with Crippen molar-refractivity contribution in [2.75, 3.05) is 13.1 Å². The lowest BCUT2D eigenvalue weighted by atomic mass is 9.48. The van der Waals surface area contributed by atoms with Gasteiger partial charge in [-0.15, -0.1) is 0 Å². The largest absolute Gasteiger partial charge is 0.393 e. The van der Waals surface area contributed by atoms with E-state index in [0.717, 1.165) is 36.5 Å². The lowest BCUT2D eigenvalue weighted by molar-refractivity contribution is -0.172. The molecule has 12 aliphatic rings. The molecule has 2 N–H and O–H groups in total. The summed E-state index contributed by atoms with van der Waals surface area (Å²) in [7, 11) is 0. The van der Waals surface area contributed by atoms with Gasteiger partial charge in [0, 0.05) is 35.8 Å². The summed E-state index contributed by atoms with van der Waals surface area (Å²) in [4.78, 5) is 28.5. The highest BCUT2D eigenvalue weighted by Crippen LogP contribution is 2.75. The van der Waals surface area contributed by atoms with Gasteiger partial charge in [-0.1, -0.05) is 36.5 Å². The minimum Gasteiger partial charge on any atom is -0.393 e. The molecule has 12 rings (SSSR count). The third kappa shape index (κ3) is 2.53. The molecular weight excluding hydrogens is 532 g/mol. The van der Waals surface area contributed by atoms with Crippen LogP contribution in [0.2, 0.25) is 0 Å². The molecule has 224 valence electrons. The van der Waals surface area contributed by atoms with Crippen LogP contribution in [0.25, 0.3) is 0 Å². The van der Waals surface area contributed by atoms with Gasteiger partial charge in [0.25, 0.3) is 0 Å². The van der Waals surface area contributed by atoms with Crippen molar-refractivity contribution in [1.29, 1.82) is 0 Å². The van der Waals surface area contributed by atoms with E-state index in [9.17, 15) is 9.59 Å². The van der Waals surface area contributed by atoms with Crippen molar-refractivity contribution in [3.05, 3.63) is 0 Å². The number of hydrogen-bond donors (Lipinski definition) is 2. The summed E-state index contributed by atoms with van der Waals surface area (Å²) in [5, 5.41) is 8.08. The van der Waals surface area contributed by atoms with Crippen molar-refractivity contribution in [3.63, 3.8) is 0 Å². The van der Waals surface area contributed by atoms with Crippen molar-refractivity contribution >= 4 is 11.9 Å². The van der Waals surface area contributed by atoms with E-state index in [2.05, 4.69) is 34.3 Å². The van der Waals surface area contributed by atoms with Crippen LogP contribution >= 0.6 is 0 Å². The molecule has 14 bridgehead atoms. The number of esters is 2. The molecule has 5 nitrogen and oxygen atoms in total. The SMILES string of the molecule is O=C(OC(=O)C1[C@@H]2[C@@H]3C#C[C@H]1C[C@H]2[C@@]12CCC[C@H]4CN[C@@H]1[C@@H]3C[C@H]42)C1[C@@H]2[C@@H]3C#C[C@H]1C[C@H]2[C@@]12CCC[C@H]4CN[C@@H]1[C@@H]3C[C@H]42. The zero-order valence-corrected chi connectivity index (χ0v) is 25.1. The Morgan fingerprint density at radius 1 is 0.628 bits per heavy atom. The first-order valence-electron chi connectivity index (χ1n) is 18.3. The number of ether oxygens (including phenoxy) is 1. The fourth-order valence-corrected chi connectivity index (χ4v) is 16.9. The summed E-state index contributed by atoms with van der Waals surface area (Å²) >= 11 is 0. The molecule has 2 aliphatic heterocycles. The van der Waals surface area contributed by atoms with E-state index in [1.165, 1.54) is 64.5 Å². The van der Waals surface area contributed by atoms with E-state index < -0.39 is 0 Å². The topological polar surface area (TPSA) is 67.4 Å². The van der Waals surface area contributed by atoms with Crippen LogP contribution in [0.3, 0.4) is 0 Å². The zero-order valence-electron chi connectivity index (χ0n) is 25.1. The van der Waals surface area contributed by atoms with E-state index in [1.807, 2.05) is 0 Å². The van der Waals surface area contributed by atoms with Gasteiger partial charge in [0.2, 0.25) is 0 Å². The molecular formula is C38H44N2O3. The maximum atomic E-state index is 14.3. The molecule has 0 radical (unpaired) electrons. The van der Waals surface area contributed by atoms with Gasteiger partial charge in [-0.2, -0.15) is 0 Å². The van der Waals surface area contributed by atoms with Crippen LogP contribution in [0.4, 0.5) is 0 Å². The van der Waals surface area contributed by atoms with Gasteiger partial charge >= 0.3 is 11.9 Å². The molecule has 2 saturated heterocycles. The average molecular weight is 577 g/mol. The molecule has 0 amide bonds. The second-order valence-corrected chi connectivity index (χ2v) is 17.8. The van der Waals surface area contributed by atoms with Gasteiger partial charge in [-0.05, 0) is 134 Å². The standard InChI is InChI=1S/C38H44N2O3/c41-35(29-17-5-7-21-23-13-25-19-3-1-9-37(25,33(23)39-15-19)27(11-17)31(21)29)43-36(42)30-18-6-8-22-24-14-26-20-4-2-10-38(26,34(24)40-16-20)28(12-18)32(22)30/h17-34,39-40H,1-4,9-16H2/t17-,18-,19-,20-,21+,22+,23+,24+,25+,26+,27+,28+,29?,30?,31+,32+,33+,34+,37-,38-/m0/s1. The Bertz CT molecular complexity index is 1390. The number of piperidine rings is 2. The van der Waals surface area contributed by atoms with Crippen molar-refractivity contribution in [3.8, 4) is 23.7 Å². The first-order valence-corrected chi connectivity index (χ1v) is 18.3. The Hall–Kier alpha value is -1.82. The smallest absolute Gasteiger partial charge is 0.318 e. The second-order valence-electron chi connectivity index (χ2n) is 17.8. The molecule has 10 fully saturated rings. The molecule has 0 aromatic heterocycles. The molecule has 0 aromatic rings. The Kier molecular flexibility index (Phi) is 4.40. The number of nitrogens with one attached hydrogen (secondary N) is 2. The van der Waals surface area contributed by atoms with Crippen molar-refractivity contribution in [2.24, 2.45) is 106 Å². The lowest BCUT2D eigenvalue weighted by Gasteiger charge is -2.60. The Morgan fingerprint density at radius 2 is 1.12 bits per heavy atom. The predicted octanol–water partition coefficient (Wildman–Crippen LogP) is 3.88. The molecule has 2 spiro atoms. The molecule has 2 heterocycles. The number of carbonyl (C=O) groups excluding carboxylic acids is 2. The predicted molar refractivity (Wildman–Crippen MR) is 157 cm³/mol. The molecule has 2 unspecified atom stereocenters.